The van der Waals surface area contributed by atoms with Gasteiger partial charge in [-0.1, -0.05) is 52.7 Å². The molecule has 132 valence electrons. The van der Waals surface area contributed by atoms with Crippen molar-refractivity contribution in [2.24, 2.45) is 0 Å². The lowest BCUT2D eigenvalue weighted by Crippen LogP contribution is -2.02. The number of halogens is 2. The molecule has 0 saturated carbocycles. The highest BCUT2D eigenvalue weighted by molar-refractivity contribution is 7.99. The van der Waals surface area contributed by atoms with Gasteiger partial charge in [-0.05, 0) is 37.3 Å². The molecule has 2 aromatic carbocycles. The third kappa shape index (κ3) is 4.24. The van der Waals surface area contributed by atoms with Crippen molar-refractivity contribution in [1.82, 2.24) is 9.97 Å². The van der Waals surface area contributed by atoms with Crippen molar-refractivity contribution in [2.75, 3.05) is 5.32 Å². The number of aryl methyl sites for hydroxylation is 1. The van der Waals surface area contributed by atoms with Crippen molar-refractivity contribution >= 4 is 52.2 Å². The third-order valence-electron chi connectivity index (χ3n) is 3.39. The van der Waals surface area contributed by atoms with Crippen LogP contribution in [0.3, 0.4) is 0 Å². The van der Waals surface area contributed by atoms with Gasteiger partial charge >= 0.3 is 5.69 Å². The fourth-order valence-corrected chi connectivity index (χ4v) is 3.28. The number of nitro groups is 1. The van der Waals surface area contributed by atoms with E-state index in [1.165, 1.54) is 18.1 Å². The molecule has 0 saturated heterocycles. The topological polar surface area (TPSA) is 81.0 Å². The van der Waals surface area contributed by atoms with E-state index in [-0.39, 0.29) is 16.5 Å². The zero-order valence-electron chi connectivity index (χ0n) is 13.4. The van der Waals surface area contributed by atoms with Crippen LogP contribution in [0.1, 0.15) is 5.56 Å². The molecular formula is C17H12Cl2N4O2S. The van der Waals surface area contributed by atoms with Crippen LogP contribution in [0.15, 0.2) is 58.7 Å². The van der Waals surface area contributed by atoms with Gasteiger partial charge in [-0.25, -0.2) is 9.97 Å². The van der Waals surface area contributed by atoms with Gasteiger partial charge in [-0.2, -0.15) is 0 Å². The molecule has 3 rings (SSSR count). The molecule has 26 heavy (non-hydrogen) atoms. The largest absolute Gasteiger partial charge is 0.343 e. The first kappa shape index (κ1) is 18.4. The van der Waals surface area contributed by atoms with Gasteiger partial charge in [0.25, 0.3) is 0 Å². The smallest absolute Gasteiger partial charge is 0.334 e. The van der Waals surface area contributed by atoms with E-state index in [4.69, 9.17) is 23.2 Å². The predicted octanol–water partition coefficient (Wildman–Crippen LogP) is 5.89. The van der Waals surface area contributed by atoms with Crippen LogP contribution in [0.25, 0.3) is 0 Å². The molecule has 0 aliphatic heterocycles. The molecular weight excluding hydrogens is 395 g/mol. The molecule has 1 aromatic heterocycles. The SMILES string of the molecule is Cc1ccc(Sc2ncnc(Nc3ccc(Cl)c(Cl)c3)c2[N+](=O)[O-])cc1. The Morgan fingerprint density at radius 2 is 1.81 bits per heavy atom. The first-order valence-corrected chi connectivity index (χ1v) is 8.97. The Morgan fingerprint density at radius 1 is 1.08 bits per heavy atom. The molecule has 0 bridgehead atoms. The molecule has 1 N–H and O–H groups in total. The highest BCUT2D eigenvalue weighted by Gasteiger charge is 2.24. The molecule has 0 amide bonds. The minimum absolute atomic E-state index is 0.0815. The number of anilines is 2. The highest BCUT2D eigenvalue weighted by atomic mass is 35.5. The summed E-state index contributed by atoms with van der Waals surface area (Å²) in [4.78, 5) is 20.0. The second-order valence-electron chi connectivity index (χ2n) is 5.30. The van der Waals surface area contributed by atoms with Gasteiger partial charge in [0.2, 0.25) is 5.82 Å². The van der Waals surface area contributed by atoms with Gasteiger partial charge in [0.05, 0.1) is 15.0 Å². The number of hydrogen-bond donors (Lipinski definition) is 1. The normalized spacial score (nSPS) is 10.6. The second kappa shape index (κ2) is 7.90. The standard InChI is InChI=1S/C17H12Cl2N4O2S/c1-10-2-5-12(6-3-10)26-17-15(23(24)25)16(20-9-21-17)22-11-4-7-13(18)14(19)8-11/h2-9H,1H3,(H,20,21,22). The molecule has 0 aliphatic rings. The molecule has 0 radical (unpaired) electrons. The summed E-state index contributed by atoms with van der Waals surface area (Å²) in [6.45, 7) is 1.97. The van der Waals surface area contributed by atoms with Gasteiger partial charge in [0.15, 0.2) is 5.03 Å². The van der Waals surface area contributed by atoms with Gasteiger partial charge in [-0.15, -0.1) is 0 Å². The zero-order chi connectivity index (χ0) is 18.7. The lowest BCUT2D eigenvalue weighted by molar-refractivity contribution is -0.387. The molecule has 0 aliphatic carbocycles. The fraction of sp³-hybridized carbons (Fsp3) is 0.0588. The molecule has 0 unspecified atom stereocenters. The fourth-order valence-electron chi connectivity index (χ4n) is 2.12. The summed E-state index contributed by atoms with van der Waals surface area (Å²) in [7, 11) is 0. The van der Waals surface area contributed by atoms with Gasteiger partial charge in [0, 0.05) is 10.6 Å². The molecule has 9 heteroatoms. The van der Waals surface area contributed by atoms with Crippen molar-refractivity contribution in [3.8, 4) is 0 Å². The quantitative estimate of drug-likeness (QED) is 0.322. The average molecular weight is 407 g/mol. The van der Waals surface area contributed by atoms with E-state index in [0.717, 1.165) is 10.5 Å². The summed E-state index contributed by atoms with van der Waals surface area (Å²) >= 11 is 13.1. The van der Waals surface area contributed by atoms with Crippen LogP contribution in [-0.4, -0.2) is 14.9 Å². The summed E-state index contributed by atoms with van der Waals surface area (Å²) < 4.78 is 0. The summed E-state index contributed by atoms with van der Waals surface area (Å²) in [6, 6.07) is 12.5. The van der Waals surface area contributed by atoms with Crippen LogP contribution >= 0.6 is 35.0 Å². The minimum atomic E-state index is -0.504. The third-order valence-corrected chi connectivity index (χ3v) is 5.13. The molecule has 0 atom stereocenters. The van der Waals surface area contributed by atoms with Crippen LogP contribution in [0, 0.1) is 17.0 Å². The van der Waals surface area contributed by atoms with Crippen LogP contribution < -0.4 is 5.32 Å². The van der Waals surface area contributed by atoms with Gasteiger partial charge in [-0.3, -0.25) is 10.1 Å². The van der Waals surface area contributed by atoms with Crippen LogP contribution in [0.2, 0.25) is 10.0 Å². The molecule has 6 nitrogen and oxygen atoms in total. The Bertz CT molecular complexity index is 967. The predicted molar refractivity (Wildman–Crippen MR) is 104 cm³/mol. The maximum absolute atomic E-state index is 11.6. The van der Waals surface area contributed by atoms with Crippen molar-refractivity contribution in [3.05, 3.63) is 74.5 Å². The first-order chi connectivity index (χ1) is 12.4. The van der Waals surface area contributed by atoms with E-state index < -0.39 is 4.92 Å². The van der Waals surface area contributed by atoms with Gasteiger partial charge < -0.3 is 5.32 Å². The second-order valence-corrected chi connectivity index (χ2v) is 7.18. The van der Waals surface area contributed by atoms with E-state index in [0.29, 0.717) is 15.7 Å². The average Bonchev–Trinajstić information content (AvgIpc) is 2.60. The van der Waals surface area contributed by atoms with E-state index in [1.807, 2.05) is 31.2 Å². The lowest BCUT2D eigenvalue weighted by atomic mass is 10.2. The summed E-state index contributed by atoms with van der Waals surface area (Å²) in [5, 5.41) is 15.5. The Morgan fingerprint density at radius 3 is 2.46 bits per heavy atom. The molecule has 1 heterocycles. The van der Waals surface area contributed by atoms with E-state index in [2.05, 4.69) is 15.3 Å². The molecule has 0 spiro atoms. The van der Waals surface area contributed by atoms with Crippen LogP contribution in [0.5, 0.6) is 0 Å². The minimum Gasteiger partial charge on any atom is -0.334 e. The van der Waals surface area contributed by atoms with Crippen molar-refractivity contribution < 1.29 is 4.92 Å². The number of hydrogen-bond acceptors (Lipinski definition) is 6. The summed E-state index contributed by atoms with van der Waals surface area (Å²) in [5.74, 6) is 0.0815. The Labute approximate surface area is 163 Å². The number of nitrogens with zero attached hydrogens (tertiary/aromatic N) is 3. The van der Waals surface area contributed by atoms with Crippen LogP contribution in [-0.2, 0) is 0 Å². The Kier molecular flexibility index (Phi) is 5.61. The lowest BCUT2D eigenvalue weighted by Gasteiger charge is -2.09. The van der Waals surface area contributed by atoms with Crippen LogP contribution in [0.4, 0.5) is 17.2 Å². The first-order valence-electron chi connectivity index (χ1n) is 7.40. The molecule has 3 aromatic rings. The maximum atomic E-state index is 11.6. The van der Waals surface area contributed by atoms with Crippen molar-refractivity contribution in [1.29, 1.82) is 0 Å². The van der Waals surface area contributed by atoms with Crippen molar-refractivity contribution in [2.45, 2.75) is 16.8 Å². The monoisotopic (exact) mass is 406 g/mol. The Hall–Kier alpha value is -2.35. The summed E-state index contributed by atoms with van der Waals surface area (Å²) in [5.41, 5.74) is 1.44. The highest BCUT2D eigenvalue weighted by Crippen LogP contribution is 2.38. The number of nitrogens with one attached hydrogen (secondary N) is 1. The number of aromatic nitrogens is 2. The van der Waals surface area contributed by atoms with E-state index in [1.54, 1.807) is 18.2 Å². The Balaban J connectivity index is 1.96. The number of rotatable bonds is 5. The number of benzene rings is 2. The zero-order valence-corrected chi connectivity index (χ0v) is 15.8. The van der Waals surface area contributed by atoms with E-state index in [9.17, 15) is 10.1 Å². The molecule has 0 fully saturated rings. The van der Waals surface area contributed by atoms with E-state index >= 15 is 0 Å². The van der Waals surface area contributed by atoms with Gasteiger partial charge in [0.1, 0.15) is 6.33 Å². The van der Waals surface area contributed by atoms with Crippen molar-refractivity contribution in [3.63, 3.8) is 0 Å². The summed E-state index contributed by atoms with van der Waals surface area (Å²) in [6.07, 6.45) is 1.28. The maximum Gasteiger partial charge on any atom is 0.343 e.